The van der Waals surface area contributed by atoms with Gasteiger partial charge in [-0.05, 0) is 31.4 Å². The van der Waals surface area contributed by atoms with Gasteiger partial charge in [-0.15, -0.1) is 0 Å². The molecule has 1 aromatic rings. The highest BCUT2D eigenvalue weighted by Crippen LogP contribution is 2.30. The third-order valence-corrected chi connectivity index (χ3v) is 3.84. The summed E-state index contributed by atoms with van der Waals surface area (Å²) in [4.78, 5) is 2.41. The standard InChI is InChI=1S/C14H20ClNO/c1-2-4-11-7-8-16(9-11)10-12-5-3-6-13(15)14(12)17/h3,5-6,11,17H,2,4,7-10H2,1H3. The molecule has 1 atom stereocenters. The van der Waals surface area contributed by atoms with Crippen LogP contribution in [-0.4, -0.2) is 23.1 Å². The van der Waals surface area contributed by atoms with Crippen LogP contribution < -0.4 is 0 Å². The normalized spacial score (nSPS) is 20.9. The summed E-state index contributed by atoms with van der Waals surface area (Å²) in [7, 11) is 0. The molecule has 0 radical (unpaired) electrons. The van der Waals surface area contributed by atoms with E-state index in [1.165, 1.54) is 19.3 Å². The number of rotatable bonds is 4. The molecule has 0 aliphatic carbocycles. The molecular formula is C14H20ClNO. The van der Waals surface area contributed by atoms with Crippen molar-refractivity contribution in [1.82, 2.24) is 4.90 Å². The number of aromatic hydroxyl groups is 1. The van der Waals surface area contributed by atoms with Crippen LogP contribution >= 0.6 is 11.6 Å². The molecule has 0 saturated carbocycles. The predicted molar refractivity (Wildman–Crippen MR) is 71.4 cm³/mol. The number of benzene rings is 1. The lowest BCUT2D eigenvalue weighted by Crippen LogP contribution is -2.20. The van der Waals surface area contributed by atoms with Gasteiger partial charge in [-0.25, -0.2) is 0 Å². The fraction of sp³-hybridized carbons (Fsp3) is 0.571. The van der Waals surface area contributed by atoms with Gasteiger partial charge >= 0.3 is 0 Å². The predicted octanol–water partition coefficient (Wildman–Crippen LogP) is 3.67. The summed E-state index contributed by atoms with van der Waals surface area (Å²) >= 11 is 5.91. The van der Waals surface area contributed by atoms with Crippen molar-refractivity contribution < 1.29 is 5.11 Å². The number of phenols is 1. The van der Waals surface area contributed by atoms with Gasteiger partial charge in [0.2, 0.25) is 0 Å². The first-order chi connectivity index (χ1) is 8.20. The van der Waals surface area contributed by atoms with E-state index in [1.807, 2.05) is 12.1 Å². The van der Waals surface area contributed by atoms with Crippen molar-refractivity contribution in [1.29, 1.82) is 0 Å². The van der Waals surface area contributed by atoms with Gasteiger partial charge in [0, 0.05) is 18.7 Å². The fourth-order valence-electron chi connectivity index (χ4n) is 2.63. The number of para-hydroxylation sites is 1. The Balaban J connectivity index is 1.96. The number of likely N-dealkylation sites (tertiary alicyclic amines) is 1. The molecule has 0 spiro atoms. The molecule has 0 bridgehead atoms. The van der Waals surface area contributed by atoms with E-state index in [0.717, 1.165) is 31.1 Å². The summed E-state index contributed by atoms with van der Waals surface area (Å²) in [5, 5.41) is 10.3. The quantitative estimate of drug-likeness (QED) is 0.885. The minimum absolute atomic E-state index is 0.244. The summed E-state index contributed by atoms with van der Waals surface area (Å²) in [5.74, 6) is 1.08. The Kier molecular flexibility index (Phi) is 4.30. The second-order valence-electron chi connectivity index (χ2n) is 4.93. The van der Waals surface area contributed by atoms with Gasteiger partial charge in [-0.2, -0.15) is 0 Å². The monoisotopic (exact) mass is 253 g/mol. The lowest BCUT2D eigenvalue weighted by molar-refractivity contribution is 0.307. The van der Waals surface area contributed by atoms with Gasteiger partial charge in [-0.1, -0.05) is 37.1 Å². The Morgan fingerprint density at radius 1 is 1.47 bits per heavy atom. The molecule has 1 aromatic carbocycles. The molecular weight excluding hydrogens is 234 g/mol. The highest BCUT2D eigenvalue weighted by atomic mass is 35.5. The average molecular weight is 254 g/mol. The lowest BCUT2D eigenvalue weighted by atomic mass is 10.0. The SMILES string of the molecule is CCCC1CCN(Cc2cccc(Cl)c2O)C1. The lowest BCUT2D eigenvalue weighted by Gasteiger charge is -2.17. The van der Waals surface area contributed by atoms with E-state index >= 15 is 0 Å². The summed E-state index contributed by atoms with van der Waals surface area (Å²) in [6.45, 7) is 5.34. The van der Waals surface area contributed by atoms with E-state index in [4.69, 9.17) is 11.6 Å². The third-order valence-electron chi connectivity index (χ3n) is 3.53. The van der Waals surface area contributed by atoms with Crippen LogP contribution in [0.15, 0.2) is 18.2 Å². The molecule has 3 heteroatoms. The maximum atomic E-state index is 9.87. The molecule has 1 fully saturated rings. The van der Waals surface area contributed by atoms with Crippen molar-refractivity contribution in [2.45, 2.75) is 32.7 Å². The van der Waals surface area contributed by atoms with Crippen LogP contribution in [0.1, 0.15) is 31.7 Å². The zero-order chi connectivity index (χ0) is 12.3. The van der Waals surface area contributed by atoms with Gasteiger partial charge in [0.15, 0.2) is 0 Å². The highest BCUT2D eigenvalue weighted by molar-refractivity contribution is 6.32. The molecule has 2 nitrogen and oxygen atoms in total. The van der Waals surface area contributed by atoms with E-state index < -0.39 is 0 Å². The summed E-state index contributed by atoms with van der Waals surface area (Å²) in [5.41, 5.74) is 0.939. The van der Waals surface area contributed by atoms with Crippen LogP contribution in [-0.2, 0) is 6.54 Å². The molecule has 1 unspecified atom stereocenters. The van der Waals surface area contributed by atoms with E-state index in [9.17, 15) is 5.11 Å². The Hall–Kier alpha value is -0.730. The Morgan fingerprint density at radius 2 is 2.29 bits per heavy atom. The van der Waals surface area contributed by atoms with Gasteiger partial charge < -0.3 is 5.11 Å². The number of nitrogens with zero attached hydrogens (tertiary/aromatic N) is 1. The van der Waals surface area contributed by atoms with Crippen molar-refractivity contribution in [3.8, 4) is 5.75 Å². The van der Waals surface area contributed by atoms with Gasteiger partial charge in [0.05, 0.1) is 5.02 Å². The van der Waals surface area contributed by atoms with Crippen LogP contribution in [0.25, 0.3) is 0 Å². The van der Waals surface area contributed by atoms with E-state index in [2.05, 4.69) is 11.8 Å². The van der Waals surface area contributed by atoms with Crippen LogP contribution in [0.2, 0.25) is 5.02 Å². The van der Waals surface area contributed by atoms with E-state index in [1.54, 1.807) is 6.07 Å². The molecule has 0 aromatic heterocycles. The summed E-state index contributed by atoms with van der Waals surface area (Å²) in [6.07, 6.45) is 3.87. The van der Waals surface area contributed by atoms with Gasteiger partial charge in [0.1, 0.15) is 5.75 Å². The van der Waals surface area contributed by atoms with Crippen molar-refractivity contribution >= 4 is 11.6 Å². The maximum Gasteiger partial charge on any atom is 0.138 e. The number of hydrogen-bond donors (Lipinski definition) is 1. The molecule has 1 N–H and O–H groups in total. The first-order valence-electron chi connectivity index (χ1n) is 6.39. The number of hydrogen-bond acceptors (Lipinski definition) is 2. The second-order valence-corrected chi connectivity index (χ2v) is 5.33. The van der Waals surface area contributed by atoms with E-state index in [0.29, 0.717) is 5.02 Å². The van der Waals surface area contributed by atoms with Crippen LogP contribution in [0.4, 0.5) is 0 Å². The zero-order valence-electron chi connectivity index (χ0n) is 10.3. The minimum atomic E-state index is 0.244. The molecule has 1 aliphatic heterocycles. The minimum Gasteiger partial charge on any atom is -0.506 e. The van der Waals surface area contributed by atoms with Crippen molar-refractivity contribution in [3.05, 3.63) is 28.8 Å². The van der Waals surface area contributed by atoms with Gasteiger partial charge in [0.25, 0.3) is 0 Å². The zero-order valence-corrected chi connectivity index (χ0v) is 11.1. The molecule has 17 heavy (non-hydrogen) atoms. The Bertz CT molecular complexity index is 380. The van der Waals surface area contributed by atoms with Gasteiger partial charge in [-0.3, -0.25) is 4.90 Å². The number of halogens is 1. The fourth-order valence-corrected chi connectivity index (χ4v) is 2.82. The third kappa shape index (κ3) is 3.14. The molecule has 0 amide bonds. The van der Waals surface area contributed by atoms with Crippen molar-refractivity contribution in [2.75, 3.05) is 13.1 Å². The number of phenolic OH excluding ortho intramolecular Hbond substituents is 1. The second kappa shape index (κ2) is 5.74. The summed E-state index contributed by atoms with van der Waals surface area (Å²) in [6, 6.07) is 5.58. The topological polar surface area (TPSA) is 23.5 Å². The maximum absolute atomic E-state index is 9.87. The average Bonchev–Trinajstić information content (AvgIpc) is 2.73. The molecule has 1 aliphatic rings. The van der Waals surface area contributed by atoms with Crippen LogP contribution in [0, 0.1) is 5.92 Å². The molecule has 1 saturated heterocycles. The van der Waals surface area contributed by atoms with Crippen molar-refractivity contribution in [2.24, 2.45) is 5.92 Å². The smallest absolute Gasteiger partial charge is 0.138 e. The van der Waals surface area contributed by atoms with E-state index in [-0.39, 0.29) is 5.75 Å². The highest BCUT2D eigenvalue weighted by Gasteiger charge is 2.22. The molecule has 1 heterocycles. The Labute approximate surface area is 108 Å². The Morgan fingerprint density at radius 3 is 3.06 bits per heavy atom. The molecule has 94 valence electrons. The van der Waals surface area contributed by atoms with Crippen molar-refractivity contribution in [3.63, 3.8) is 0 Å². The summed E-state index contributed by atoms with van der Waals surface area (Å²) < 4.78 is 0. The van der Waals surface area contributed by atoms with Crippen LogP contribution in [0.5, 0.6) is 5.75 Å². The van der Waals surface area contributed by atoms with Crippen LogP contribution in [0.3, 0.4) is 0 Å². The molecule has 2 rings (SSSR count). The largest absolute Gasteiger partial charge is 0.506 e. The first kappa shape index (κ1) is 12.7. The first-order valence-corrected chi connectivity index (χ1v) is 6.77.